The van der Waals surface area contributed by atoms with Gasteiger partial charge < -0.3 is 10.2 Å². The van der Waals surface area contributed by atoms with Crippen LogP contribution in [0.3, 0.4) is 0 Å². The van der Waals surface area contributed by atoms with Gasteiger partial charge >= 0.3 is 0 Å². The molecule has 0 atom stereocenters. The van der Waals surface area contributed by atoms with E-state index in [9.17, 15) is 4.79 Å². The molecule has 1 aromatic heterocycles. The number of hydrogen-bond donors (Lipinski definition) is 1. The Morgan fingerprint density at radius 1 is 1.04 bits per heavy atom. The predicted octanol–water partition coefficient (Wildman–Crippen LogP) is 4.15. The first kappa shape index (κ1) is 16.0. The molecule has 3 rings (SSSR count). The van der Waals surface area contributed by atoms with Gasteiger partial charge in [0.1, 0.15) is 5.69 Å². The topological polar surface area (TPSA) is 58.1 Å². The molecule has 6 heteroatoms. The zero-order valence-corrected chi connectivity index (χ0v) is 13.7. The van der Waals surface area contributed by atoms with Crippen molar-refractivity contribution in [3.8, 4) is 0 Å². The first-order valence-corrected chi connectivity index (χ1v) is 7.69. The fraction of sp³-hybridized carbons (Fsp3) is 0.0556. The molecule has 0 saturated heterocycles. The van der Waals surface area contributed by atoms with E-state index in [-0.39, 0.29) is 11.6 Å². The van der Waals surface area contributed by atoms with Crippen LogP contribution in [0.25, 0.3) is 0 Å². The highest BCUT2D eigenvalue weighted by Gasteiger charge is 2.11. The molecule has 0 bridgehead atoms. The Labute approximate surface area is 144 Å². The van der Waals surface area contributed by atoms with E-state index in [1.165, 1.54) is 6.20 Å². The quantitative estimate of drug-likeness (QED) is 0.776. The highest BCUT2D eigenvalue weighted by Crippen LogP contribution is 2.20. The number of hydrogen-bond acceptors (Lipinski definition) is 4. The average Bonchev–Trinajstić information content (AvgIpc) is 2.62. The molecule has 2 aromatic carbocycles. The molecule has 0 aliphatic heterocycles. The molecule has 5 nitrogen and oxygen atoms in total. The van der Waals surface area contributed by atoms with Crippen molar-refractivity contribution in [3.63, 3.8) is 0 Å². The molecule has 1 amide bonds. The monoisotopic (exact) mass is 338 g/mol. The van der Waals surface area contributed by atoms with Gasteiger partial charge in [0.2, 0.25) is 0 Å². The third-order valence-electron chi connectivity index (χ3n) is 3.44. The Morgan fingerprint density at radius 3 is 2.50 bits per heavy atom. The molecule has 0 radical (unpaired) electrons. The van der Waals surface area contributed by atoms with Crippen LogP contribution in [-0.4, -0.2) is 22.9 Å². The molecule has 0 aliphatic carbocycles. The number of para-hydroxylation sites is 1. The zero-order valence-electron chi connectivity index (χ0n) is 13.0. The highest BCUT2D eigenvalue weighted by molar-refractivity contribution is 6.30. The molecule has 0 fully saturated rings. The third-order valence-corrected chi connectivity index (χ3v) is 3.68. The maximum atomic E-state index is 12.2. The van der Waals surface area contributed by atoms with Gasteiger partial charge in [-0.25, -0.2) is 9.97 Å². The zero-order chi connectivity index (χ0) is 16.9. The second-order valence-corrected chi connectivity index (χ2v) is 5.56. The highest BCUT2D eigenvalue weighted by atomic mass is 35.5. The number of rotatable bonds is 4. The van der Waals surface area contributed by atoms with E-state index in [0.29, 0.717) is 16.5 Å². The summed E-state index contributed by atoms with van der Waals surface area (Å²) in [5.41, 5.74) is 1.84. The maximum absolute atomic E-state index is 12.2. The minimum absolute atomic E-state index is 0.236. The molecule has 1 N–H and O–H groups in total. The Bertz CT molecular complexity index is 837. The Morgan fingerprint density at radius 2 is 1.83 bits per heavy atom. The van der Waals surface area contributed by atoms with E-state index in [4.69, 9.17) is 11.6 Å². The van der Waals surface area contributed by atoms with E-state index in [2.05, 4.69) is 15.3 Å². The van der Waals surface area contributed by atoms with Gasteiger partial charge in [0, 0.05) is 23.4 Å². The van der Waals surface area contributed by atoms with E-state index in [0.717, 1.165) is 5.69 Å². The van der Waals surface area contributed by atoms with Gasteiger partial charge in [-0.1, -0.05) is 35.9 Å². The van der Waals surface area contributed by atoms with Crippen LogP contribution in [0.1, 0.15) is 10.5 Å². The van der Waals surface area contributed by atoms with Crippen LogP contribution >= 0.6 is 11.6 Å². The third kappa shape index (κ3) is 3.70. The molecule has 3 aromatic rings. The summed E-state index contributed by atoms with van der Waals surface area (Å²) < 4.78 is 0. The maximum Gasteiger partial charge on any atom is 0.275 e. The lowest BCUT2D eigenvalue weighted by Gasteiger charge is -2.17. The summed E-state index contributed by atoms with van der Waals surface area (Å²) in [5.74, 6) is 0.319. The lowest BCUT2D eigenvalue weighted by atomic mass is 10.3. The van der Waals surface area contributed by atoms with E-state index in [1.54, 1.807) is 30.5 Å². The summed E-state index contributed by atoms with van der Waals surface area (Å²) >= 11 is 5.90. The van der Waals surface area contributed by atoms with E-state index < -0.39 is 0 Å². The molecular formula is C18H15ClN4O. The summed E-state index contributed by atoms with van der Waals surface area (Å²) in [6, 6.07) is 16.7. The number of carbonyl (C=O) groups is 1. The van der Waals surface area contributed by atoms with Gasteiger partial charge in [0.25, 0.3) is 5.91 Å². The predicted molar refractivity (Wildman–Crippen MR) is 95.9 cm³/mol. The van der Waals surface area contributed by atoms with E-state index in [1.807, 2.05) is 42.3 Å². The Balaban J connectivity index is 1.73. The summed E-state index contributed by atoms with van der Waals surface area (Å²) in [7, 11) is 1.89. The van der Waals surface area contributed by atoms with Crippen molar-refractivity contribution in [2.75, 3.05) is 17.3 Å². The van der Waals surface area contributed by atoms with Crippen LogP contribution < -0.4 is 10.2 Å². The molecular weight excluding hydrogens is 324 g/mol. The number of amides is 1. The SMILES string of the molecule is CN(c1ccccc1)c1cnc(C(=O)Nc2cccc(Cl)c2)cn1. The summed E-state index contributed by atoms with van der Waals surface area (Å²) in [4.78, 5) is 22.6. The number of nitrogens with one attached hydrogen (secondary N) is 1. The lowest BCUT2D eigenvalue weighted by molar-refractivity contribution is 0.102. The minimum Gasteiger partial charge on any atom is -0.328 e. The van der Waals surface area contributed by atoms with Gasteiger partial charge in [-0.2, -0.15) is 0 Å². The van der Waals surface area contributed by atoms with Crippen molar-refractivity contribution in [2.24, 2.45) is 0 Å². The van der Waals surface area contributed by atoms with Crippen LogP contribution in [0, 0.1) is 0 Å². The van der Waals surface area contributed by atoms with Crippen LogP contribution in [0.4, 0.5) is 17.2 Å². The van der Waals surface area contributed by atoms with Gasteiger partial charge in [-0.15, -0.1) is 0 Å². The number of aromatic nitrogens is 2. The van der Waals surface area contributed by atoms with Gasteiger partial charge in [-0.3, -0.25) is 4.79 Å². The van der Waals surface area contributed by atoms with Crippen molar-refractivity contribution in [1.29, 1.82) is 0 Å². The van der Waals surface area contributed by atoms with Gasteiger partial charge in [-0.05, 0) is 30.3 Å². The van der Waals surface area contributed by atoms with Crippen LogP contribution in [0.15, 0.2) is 67.0 Å². The van der Waals surface area contributed by atoms with Crippen LogP contribution in [0.2, 0.25) is 5.02 Å². The van der Waals surface area contributed by atoms with Crippen LogP contribution in [0.5, 0.6) is 0 Å². The second kappa shape index (κ2) is 7.10. The Kier molecular flexibility index (Phi) is 4.72. The Hall–Kier alpha value is -2.92. The first-order valence-electron chi connectivity index (χ1n) is 7.31. The fourth-order valence-electron chi connectivity index (χ4n) is 2.16. The molecule has 1 heterocycles. The lowest BCUT2D eigenvalue weighted by Crippen LogP contribution is -2.16. The number of nitrogens with zero attached hydrogens (tertiary/aromatic N) is 3. The standard InChI is InChI=1S/C18H15ClN4O/c1-23(15-8-3-2-4-9-15)17-12-20-16(11-21-17)18(24)22-14-7-5-6-13(19)10-14/h2-12H,1H3,(H,22,24). The van der Waals surface area contributed by atoms with E-state index >= 15 is 0 Å². The van der Waals surface area contributed by atoms with Crippen molar-refractivity contribution in [3.05, 3.63) is 77.7 Å². The second-order valence-electron chi connectivity index (χ2n) is 5.12. The fourth-order valence-corrected chi connectivity index (χ4v) is 2.35. The smallest absolute Gasteiger partial charge is 0.275 e. The molecule has 0 spiro atoms. The number of halogens is 1. The van der Waals surface area contributed by atoms with Crippen LogP contribution in [-0.2, 0) is 0 Å². The van der Waals surface area contributed by atoms with Crippen molar-refractivity contribution in [2.45, 2.75) is 0 Å². The van der Waals surface area contributed by atoms with Crippen molar-refractivity contribution in [1.82, 2.24) is 9.97 Å². The summed E-state index contributed by atoms with van der Waals surface area (Å²) in [6.07, 6.45) is 3.02. The number of anilines is 3. The molecule has 0 aliphatic rings. The molecule has 120 valence electrons. The summed E-state index contributed by atoms with van der Waals surface area (Å²) in [6.45, 7) is 0. The molecule has 0 unspecified atom stereocenters. The number of carbonyl (C=O) groups excluding carboxylic acids is 1. The average molecular weight is 339 g/mol. The first-order chi connectivity index (χ1) is 11.6. The molecule has 0 saturated carbocycles. The van der Waals surface area contributed by atoms with Gasteiger partial charge in [0.15, 0.2) is 5.82 Å². The van der Waals surface area contributed by atoms with Crippen molar-refractivity contribution < 1.29 is 4.79 Å². The van der Waals surface area contributed by atoms with Crippen molar-refractivity contribution >= 4 is 34.7 Å². The normalized spacial score (nSPS) is 10.2. The number of benzene rings is 2. The largest absolute Gasteiger partial charge is 0.328 e. The molecule has 24 heavy (non-hydrogen) atoms. The minimum atomic E-state index is -0.335. The van der Waals surface area contributed by atoms with Gasteiger partial charge in [0.05, 0.1) is 12.4 Å². The summed E-state index contributed by atoms with van der Waals surface area (Å²) in [5, 5.41) is 3.29.